The van der Waals surface area contributed by atoms with E-state index in [0.29, 0.717) is 10.4 Å². The zero-order valence-electron chi connectivity index (χ0n) is 7.96. The Hall–Kier alpha value is -0.290. The van der Waals surface area contributed by atoms with Crippen molar-refractivity contribution < 1.29 is 4.42 Å². The van der Waals surface area contributed by atoms with Crippen LogP contribution in [0.5, 0.6) is 0 Å². The fraction of sp³-hybridized carbons (Fsp3) is 0.200. The van der Waals surface area contributed by atoms with Crippen molar-refractivity contribution in [3.63, 3.8) is 0 Å². The summed E-state index contributed by atoms with van der Waals surface area (Å²) in [5.41, 5.74) is 7.11. The lowest BCUT2D eigenvalue weighted by Crippen LogP contribution is -2.09. The van der Waals surface area contributed by atoms with Gasteiger partial charge in [-0.05, 0) is 45.9 Å². The molecule has 2 heterocycles. The first-order valence-corrected chi connectivity index (χ1v) is 6.39. The molecule has 0 aliphatic heterocycles. The maximum Gasteiger partial charge on any atom is 0.169 e. The van der Waals surface area contributed by atoms with Gasteiger partial charge in [0.05, 0.1) is 11.1 Å². The monoisotopic (exact) mass is 305 g/mol. The van der Waals surface area contributed by atoms with Gasteiger partial charge in [0.25, 0.3) is 0 Å². The quantitative estimate of drug-likeness (QED) is 0.906. The van der Waals surface area contributed by atoms with Gasteiger partial charge in [-0.1, -0.05) is 11.6 Å². The van der Waals surface area contributed by atoms with Crippen molar-refractivity contribution in [2.75, 3.05) is 0 Å². The standard InChI is InChI=1S/C10H9BrClNOS/c1-5-4-15-10(8(5)12)9(13)6-2-3-7(11)14-6/h2-4,9H,13H2,1H3. The van der Waals surface area contributed by atoms with Crippen LogP contribution in [0, 0.1) is 6.92 Å². The van der Waals surface area contributed by atoms with E-state index in [1.165, 1.54) is 0 Å². The van der Waals surface area contributed by atoms with Crippen molar-refractivity contribution in [2.24, 2.45) is 5.73 Å². The Labute approximate surface area is 105 Å². The van der Waals surface area contributed by atoms with Crippen molar-refractivity contribution >= 4 is 38.9 Å². The molecular formula is C10H9BrClNOS. The summed E-state index contributed by atoms with van der Waals surface area (Å²) in [6, 6.07) is 3.38. The van der Waals surface area contributed by atoms with E-state index >= 15 is 0 Å². The molecule has 0 saturated carbocycles. The maximum atomic E-state index is 6.14. The lowest BCUT2D eigenvalue weighted by Gasteiger charge is -2.06. The number of nitrogens with two attached hydrogens (primary N) is 1. The van der Waals surface area contributed by atoms with Crippen molar-refractivity contribution in [2.45, 2.75) is 13.0 Å². The van der Waals surface area contributed by atoms with E-state index in [4.69, 9.17) is 21.8 Å². The van der Waals surface area contributed by atoms with Gasteiger partial charge in [-0.3, -0.25) is 0 Å². The molecule has 1 unspecified atom stereocenters. The predicted molar refractivity (Wildman–Crippen MR) is 66.5 cm³/mol. The Bertz CT molecular complexity index is 479. The average molecular weight is 307 g/mol. The number of thiophene rings is 1. The molecule has 2 aromatic heterocycles. The second-order valence-corrected chi connectivity index (χ2v) is 5.29. The molecule has 1 atom stereocenters. The molecule has 0 bridgehead atoms. The molecule has 5 heteroatoms. The number of halogens is 2. The van der Waals surface area contributed by atoms with Gasteiger partial charge in [-0.15, -0.1) is 11.3 Å². The van der Waals surface area contributed by atoms with Gasteiger partial charge < -0.3 is 10.2 Å². The Balaban J connectivity index is 2.36. The van der Waals surface area contributed by atoms with Crippen LogP contribution < -0.4 is 5.73 Å². The molecule has 2 rings (SSSR count). The largest absolute Gasteiger partial charge is 0.452 e. The van der Waals surface area contributed by atoms with Crippen molar-refractivity contribution in [3.8, 4) is 0 Å². The summed E-state index contributed by atoms with van der Waals surface area (Å²) in [4.78, 5) is 0.941. The summed E-state index contributed by atoms with van der Waals surface area (Å²) in [5.74, 6) is 0.714. The zero-order chi connectivity index (χ0) is 11.0. The molecule has 15 heavy (non-hydrogen) atoms. The van der Waals surface area contributed by atoms with Gasteiger partial charge in [-0.25, -0.2) is 0 Å². The maximum absolute atomic E-state index is 6.14. The number of hydrogen-bond acceptors (Lipinski definition) is 3. The third-order valence-corrected chi connectivity index (χ3v) is 4.33. The van der Waals surface area contributed by atoms with Crippen molar-refractivity contribution in [3.05, 3.63) is 43.4 Å². The summed E-state index contributed by atoms with van der Waals surface area (Å²) < 4.78 is 6.08. The van der Waals surface area contributed by atoms with Gasteiger partial charge in [0.1, 0.15) is 5.76 Å². The van der Waals surface area contributed by atoms with Crippen molar-refractivity contribution in [1.29, 1.82) is 0 Å². The summed E-state index contributed by atoms with van der Waals surface area (Å²) in [5, 5.41) is 2.73. The minimum absolute atomic E-state index is 0.289. The van der Waals surface area contributed by atoms with Gasteiger partial charge in [0, 0.05) is 4.88 Å². The lowest BCUT2D eigenvalue weighted by molar-refractivity contribution is 0.472. The summed E-state index contributed by atoms with van der Waals surface area (Å²) >= 11 is 10.9. The second kappa shape index (κ2) is 4.29. The first-order chi connectivity index (χ1) is 7.09. The fourth-order valence-corrected chi connectivity index (χ4v) is 2.92. The van der Waals surface area contributed by atoms with Gasteiger partial charge in [0.2, 0.25) is 0 Å². The van der Waals surface area contributed by atoms with Crippen LogP contribution in [0.3, 0.4) is 0 Å². The Morgan fingerprint density at radius 2 is 2.27 bits per heavy atom. The van der Waals surface area contributed by atoms with E-state index in [9.17, 15) is 0 Å². The van der Waals surface area contributed by atoms with Crippen molar-refractivity contribution in [1.82, 2.24) is 0 Å². The Morgan fingerprint density at radius 3 is 2.73 bits per heavy atom. The molecular weight excluding hydrogens is 298 g/mol. The van der Waals surface area contributed by atoms with Crippen LogP contribution in [0.25, 0.3) is 0 Å². The molecule has 2 nitrogen and oxygen atoms in total. The SMILES string of the molecule is Cc1csc(C(N)c2ccc(Br)o2)c1Cl. The van der Waals surface area contributed by atoms with Crippen LogP contribution in [0.4, 0.5) is 0 Å². The van der Waals surface area contributed by atoms with E-state index in [2.05, 4.69) is 15.9 Å². The minimum atomic E-state index is -0.289. The number of rotatable bonds is 2. The van der Waals surface area contributed by atoms with Gasteiger partial charge in [0.15, 0.2) is 4.67 Å². The Kier molecular flexibility index (Phi) is 3.21. The molecule has 80 valence electrons. The topological polar surface area (TPSA) is 39.2 Å². The van der Waals surface area contributed by atoms with E-state index in [-0.39, 0.29) is 6.04 Å². The van der Waals surface area contributed by atoms with Gasteiger partial charge >= 0.3 is 0 Å². The normalized spacial score (nSPS) is 13.1. The minimum Gasteiger partial charge on any atom is -0.452 e. The molecule has 0 amide bonds. The summed E-state index contributed by atoms with van der Waals surface area (Å²) in [6.45, 7) is 1.97. The van der Waals surface area contributed by atoms with E-state index in [1.807, 2.05) is 24.4 Å². The molecule has 2 aromatic rings. The Morgan fingerprint density at radius 1 is 1.53 bits per heavy atom. The van der Waals surface area contributed by atoms with Crippen LogP contribution in [0.1, 0.15) is 22.2 Å². The molecule has 0 saturated heterocycles. The first-order valence-electron chi connectivity index (χ1n) is 4.34. The smallest absolute Gasteiger partial charge is 0.169 e. The van der Waals surface area contributed by atoms with E-state index in [0.717, 1.165) is 15.5 Å². The lowest BCUT2D eigenvalue weighted by atomic mass is 10.2. The van der Waals surface area contributed by atoms with Gasteiger partial charge in [-0.2, -0.15) is 0 Å². The molecule has 2 N–H and O–H groups in total. The van der Waals surface area contributed by atoms with E-state index in [1.54, 1.807) is 11.3 Å². The van der Waals surface area contributed by atoms with E-state index < -0.39 is 0 Å². The molecule has 0 fully saturated rings. The van der Waals surface area contributed by atoms with Crippen LogP contribution in [-0.2, 0) is 0 Å². The highest BCUT2D eigenvalue weighted by Gasteiger charge is 2.18. The predicted octanol–water partition coefficient (Wildman–Crippen LogP) is 4.11. The molecule has 0 aromatic carbocycles. The highest BCUT2D eigenvalue weighted by Crippen LogP contribution is 2.35. The molecule has 0 radical (unpaired) electrons. The first kappa shape index (κ1) is 11.2. The number of aryl methyl sites for hydroxylation is 1. The molecule has 0 aliphatic carbocycles. The zero-order valence-corrected chi connectivity index (χ0v) is 11.1. The van der Waals surface area contributed by atoms with Crippen LogP contribution in [0.2, 0.25) is 5.02 Å². The average Bonchev–Trinajstić information content (AvgIpc) is 2.75. The number of furan rings is 1. The molecule has 0 spiro atoms. The summed E-state index contributed by atoms with van der Waals surface area (Å²) in [6.07, 6.45) is 0. The summed E-state index contributed by atoms with van der Waals surface area (Å²) in [7, 11) is 0. The van der Waals surface area contributed by atoms with Crippen LogP contribution in [-0.4, -0.2) is 0 Å². The third-order valence-electron chi connectivity index (χ3n) is 2.11. The molecule has 0 aliphatic rings. The highest BCUT2D eigenvalue weighted by molar-refractivity contribution is 9.10. The highest BCUT2D eigenvalue weighted by atomic mass is 79.9. The fourth-order valence-electron chi connectivity index (χ4n) is 1.28. The second-order valence-electron chi connectivity index (χ2n) is 3.22. The third kappa shape index (κ3) is 2.13. The van der Waals surface area contributed by atoms with Crippen LogP contribution in [0.15, 0.2) is 26.6 Å². The number of hydrogen-bond donors (Lipinski definition) is 1. The van der Waals surface area contributed by atoms with Crippen LogP contribution >= 0.6 is 38.9 Å².